The molecule has 4 rings (SSSR count). The lowest BCUT2D eigenvalue weighted by Crippen LogP contribution is -2.42. The Bertz CT molecular complexity index is 863. The molecule has 2 aromatic rings. The number of nitrogens with zero attached hydrogens (tertiary/aromatic N) is 2. The highest BCUT2D eigenvalue weighted by atomic mass is 32.2. The fraction of sp³-hybridized carbons (Fsp3) is 0.524. The van der Waals surface area contributed by atoms with Crippen molar-refractivity contribution in [1.29, 1.82) is 0 Å². The molecule has 4 heteroatoms. The first-order valence-corrected chi connectivity index (χ1v) is 10.3. The Morgan fingerprint density at radius 1 is 1.16 bits per heavy atom. The normalized spacial score (nSPS) is 18.2. The van der Waals surface area contributed by atoms with Gasteiger partial charge in [-0.25, -0.2) is 4.98 Å². The zero-order chi connectivity index (χ0) is 17.6. The number of benzene rings is 1. The van der Waals surface area contributed by atoms with E-state index in [-0.39, 0.29) is 11.0 Å². The van der Waals surface area contributed by atoms with Crippen LogP contribution in [0.5, 0.6) is 0 Å². The Labute approximate surface area is 153 Å². The van der Waals surface area contributed by atoms with Crippen molar-refractivity contribution in [3.63, 3.8) is 0 Å². The maximum absolute atomic E-state index is 13.4. The van der Waals surface area contributed by atoms with E-state index in [1.54, 1.807) is 16.3 Å². The molecule has 1 fully saturated rings. The lowest BCUT2D eigenvalue weighted by molar-refractivity contribution is 0.283. The summed E-state index contributed by atoms with van der Waals surface area (Å²) in [6.45, 7) is 4.29. The molecule has 1 spiro atoms. The minimum absolute atomic E-state index is 0.00912. The summed E-state index contributed by atoms with van der Waals surface area (Å²) in [5, 5.41) is 1.24. The Hall–Kier alpha value is -1.55. The minimum Gasteiger partial charge on any atom is -0.290 e. The van der Waals surface area contributed by atoms with Crippen molar-refractivity contribution in [2.45, 2.75) is 68.2 Å². The molecule has 2 aliphatic rings. The molecule has 132 valence electrons. The van der Waals surface area contributed by atoms with Crippen molar-refractivity contribution in [2.75, 3.05) is 0 Å². The SMILES string of the molecule is CC(C)Sc1nc2c(c(=O)n1C)C1(CCCCC1)Cc1ccccc1-2. The smallest absolute Gasteiger partial charge is 0.258 e. The van der Waals surface area contributed by atoms with Crippen molar-refractivity contribution in [1.82, 2.24) is 9.55 Å². The topological polar surface area (TPSA) is 34.9 Å². The van der Waals surface area contributed by atoms with E-state index in [2.05, 4.69) is 38.1 Å². The van der Waals surface area contributed by atoms with Gasteiger partial charge in [-0.2, -0.15) is 0 Å². The van der Waals surface area contributed by atoms with Crippen LogP contribution in [0.1, 0.15) is 57.1 Å². The average molecular weight is 355 g/mol. The van der Waals surface area contributed by atoms with Gasteiger partial charge in [0, 0.05) is 23.3 Å². The van der Waals surface area contributed by atoms with Crippen LogP contribution in [-0.2, 0) is 18.9 Å². The Morgan fingerprint density at radius 2 is 1.88 bits per heavy atom. The van der Waals surface area contributed by atoms with Gasteiger partial charge in [-0.3, -0.25) is 9.36 Å². The van der Waals surface area contributed by atoms with Crippen LogP contribution in [-0.4, -0.2) is 14.8 Å². The van der Waals surface area contributed by atoms with Gasteiger partial charge in [0.15, 0.2) is 5.16 Å². The quantitative estimate of drug-likeness (QED) is 0.579. The predicted molar refractivity (Wildman–Crippen MR) is 104 cm³/mol. The van der Waals surface area contributed by atoms with Crippen molar-refractivity contribution < 1.29 is 0 Å². The van der Waals surface area contributed by atoms with Gasteiger partial charge in [0.25, 0.3) is 5.56 Å². The maximum atomic E-state index is 13.4. The predicted octanol–water partition coefficient (Wildman–Crippen LogP) is 4.71. The number of thioether (sulfide) groups is 1. The molecule has 1 heterocycles. The zero-order valence-corrected chi connectivity index (χ0v) is 16.2. The molecule has 0 atom stereocenters. The number of aromatic nitrogens is 2. The molecule has 1 aromatic carbocycles. The Morgan fingerprint density at radius 3 is 2.60 bits per heavy atom. The number of rotatable bonds is 2. The molecule has 3 nitrogen and oxygen atoms in total. The molecule has 0 unspecified atom stereocenters. The van der Waals surface area contributed by atoms with E-state index in [4.69, 9.17) is 4.98 Å². The molecule has 25 heavy (non-hydrogen) atoms. The van der Waals surface area contributed by atoms with Crippen LogP contribution < -0.4 is 5.56 Å². The first kappa shape index (κ1) is 16.9. The van der Waals surface area contributed by atoms with Crippen molar-refractivity contribution in [3.05, 3.63) is 45.7 Å². The van der Waals surface area contributed by atoms with Crippen molar-refractivity contribution in [2.24, 2.45) is 7.05 Å². The lowest BCUT2D eigenvalue weighted by atomic mass is 9.62. The lowest BCUT2D eigenvalue weighted by Gasteiger charge is -2.42. The van der Waals surface area contributed by atoms with Crippen LogP contribution >= 0.6 is 11.8 Å². The molecule has 0 aliphatic heterocycles. The Kier molecular flexibility index (Phi) is 4.27. The second-order valence-corrected chi connectivity index (χ2v) is 9.37. The average Bonchev–Trinajstić information content (AvgIpc) is 2.59. The van der Waals surface area contributed by atoms with Gasteiger partial charge in [-0.15, -0.1) is 0 Å². The van der Waals surface area contributed by atoms with Crippen LogP contribution in [0.25, 0.3) is 11.3 Å². The monoisotopic (exact) mass is 354 g/mol. The van der Waals surface area contributed by atoms with Crippen LogP contribution in [0.3, 0.4) is 0 Å². The number of hydrogen-bond acceptors (Lipinski definition) is 3. The third-order valence-corrected chi connectivity index (χ3v) is 6.78. The molecule has 0 saturated heterocycles. The van der Waals surface area contributed by atoms with Crippen LogP contribution in [0.2, 0.25) is 0 Å². The molecule has 0 radical (unpaired) electrons. The third kappa shape index (κ3) is 2.75. The van der Waals surface area contributed by atoms with Gasteiger partial charge in [0.05, 0.1) is 11.3 Å². The first-order chi connectivity index (χ1) is 12.0. The standard InChI is InChI=1S/C21H26N2OS/c1-14(2)25-20-22-18-16-10-6-5-9-15(16)13-21(11-7-4-8-12-21)17(18)19(24)23(20)3/h5-6,9-10,14H,4,7-8,11-13H2,1-3H3. The number of hydrogen-bond donors (Lipinski definition) is 0. The van der Waals surface area contributed by atoms with Gasteiger partial charge in [-0.05, 0) is 24.8 Å². The molecule has 0 N–H and O–H groups in total. The van der Waals surface area contributed by atoms with Crippen LogP contribution in [0.15, 0.2) is 34.2 Å². The Balaban J connectivity index is 2.00. The van der Waals surface area contributed by atoms with E-state index in [1.165, 1.54) is 24.8 Å². The summed E-state index contributed by atoms with van der Waals surface area (Å²) >= 11 is 1.67. The van der Waals surface area contributed by atoms with E-state index in [0.717, 1.165) is 41.2 Å². The largest absolute Gasteiger partial charge is 0.290 e. The molecule has 0 amide bonds. The summed E-state index contributed by atoms with van der Waals surface area (Å²) in [6, 6.07) is 8.55. The van der Waals surface area contributed by atoms with Gasteiger partial charge in [0.2, 0.25) is 0 Å². The summed E-state index contributed by atoms with van der Waals surface area (Å²) in [6.07, 6.45) is 6.93. The highest BCUT2D eigenvalue weighted by Gasteiger charge is 2.43. The summed E-state index contributed by atoms with van der Waals surface area (Å²) in [7, 11) is 1.89. The molecular formula is C21H26N2OS. The van der Waals surface area contributed by atoms with Crippen LogP contribution in [0, 0.1) is 0 Å². The van der Waals surface area contributed by atoms with E-state index in [9.17, 15) is 4.79 Å². The molecule has 1 saturated carbocycles. The van der Waals surface area contributed by atoms with Gasteiger partial charge < -0.3 is 0 Å². The van der Waals surface area contributed by atoms with E-state index in [0.29, 0.717) is 5.25 Å². The molecule has 1 aromatic heterocycles. The maximum Gasteiger partial charge on any atom is 0.258 e. The second kappa shape index (κ2) is 6.31. The highest BCUT2D eigenvalue weighted by Crippen LogP contribution is 2.48. The van der Waals surface area contributed by atoms with E-state index >= 15 is 0 Å². The summed E-state index contributed by atoms with van der Waals surface area (Å²) in [5.41, 5.74) is 4.63. The van der Waals surface area contributed by atoms with Gasteiger partial charge >= 0.3 is 0 Å². The molecule has 2 aliphatic carbocycles. The van der Waals surface area contributed by atoms with Crippen LogP contribution in [0.4, 0.5) is 0 Å². The fourth-order valence-electron chi connectivity index (χ4n) is 4.59. The van der Waals surface area contributed by atoms with Crippen molar-refractivity contribution >= 4 is 11.8 Å². The fourth-order valence-corrected chi connectivity index (χ4v) is 5.39. The summed E-state index contributed by atoms with van der Waals surface area (Å²) < 4.78 is 1.79. The van der Waals surface area contributed by atoms with E-state index < -0.39 is 0 Å². The summed E-state index contributed by atoms with van der Waals surface area (Å²) in [4.78, 5) is 18.4. The van der Waals surface area contributed by atoms with Gasteiger partial charge in [-0.1, -0.05) is 69.1 Å². The summed E-state index contributed by atoms with van der Waals surface area (Å²) in [5.74, 6) is 0. The third-order valence-electron chi connectivity index (χ3n) is 5.73. The second-order valence-electron chi connectivity index (χ2n) is 7.82. The van der Waals surface area contributed by atoms with Gasteiger partial charge in [0.1, 0.15) is 0 Å². The molecule has 0 bridgehead atoms. The van der Waals surface area contributed by atoms with Crippen molar-refractivity contribution in [3.8, 4) is 11.3 Å². The first-order valence-electron chi connectivity index (χ1n) is 9.38. The minimum atomic E-state index is -0.00912. The zero-order valence-electron chi connectivity index (χ0n) is 15.3. The highest BCUT2D eigenvalue weighted by molar-refractivity contribution is 7.99. The van der Waals surface area contributed by atoms with E-state index in [1.807, 2.05) is 7.05 Å². The molecular weight excluding hydrogens is 328 g/mol. The number of fused-ring (bicyclic) bond motifs is 4.